The molecule has 0 fully saturated rings. The van der Waals surface area contributed by atoms with Crippen LogP contribution in [0, 0.1) is 0 Å². The van der Waals surface area contributed by atoms with Crippen molar-refractivity contribution in [3.8, 4) is 11.5 Å². The fourth-order valence-corrected chi connectivity index (χ4v) is 4.92. The summed E-state index contributed by atoms with van der Waals surface area (Å²) in [5, 5.41) is 30.8. The Morgan fingerprint density at radius 2 is 2.08 bits per heavy atom. The lowest BCUT2D eigenvalue weighted by molar-refractivity contribution is -0.156. The molecule has 1 aromatic carbocycles. The molecule has 2 atom stereocenters. The molecule has 3 aromatic rings. The first-order chi connectivity index (χ1) is 18.5. The van der Waals surface area contributed by atoms with Gasteiger partial charge in [-0.15, -0.1) is 0 Å². The van der Waals surface area contributed by atoms with Gasteiger partial charge in [0.25, 0.3) is 0 Å². The number of pyridine rings is 1. The number of nitrogen functional groups attached to an aromatic ring is 1. The van der Waals surface area contributed by atoms with Gasteiger partial charge >= 0.3 is 5.97 Å². The van der Waals surface area contributed by atoms with Crippen LogP contribution in [-0.2, 0) is 22.6 Å². The van der Waals surface area contributed by atoms with Gasteiger partial charge in [0, 0.05) is 47.9 Å². The Hall–Kier alpha value is -3.89. The Bertz CT molecular complexity index is 1490. The molecule has 0 saturated carbocycles. The molecule has 208 valence electrons. The van der Waals surface area contributed by atoms with Crippen LogP contribution >= 0.6 is 0 Å². The first kappa shape index (κ1) is 28.1. The molecule has 5 N–H and O–H groups in total. The molecular formula is C29H34N2O8. The van der Waals surface area contributed by atoms with Crippen LogP contribution in [0.15, 0.2) is 45.3 Å². The number of fused-ring (bicyclic) bond motifs is 2. The normalized spacial score (nSPS) is 17.4. The van der Waals surface area contributed by atoms with E-state index >= 15 is 0 Å². The van der Waals surface area contributed by atoms with Crippen molar-refractivity contribution in [2.75, 3.05) is 12.3 Å². The fourth-order valence-electron chi connectivity index (χ4n) is 4.92. The van der Waals surface area contributed by atoms with E-state index in [1.54, 1.807) is 52.1 Å². The Kier molecular flexibility index (Phi) is 7.99. The molecule has 0 radical (unpaired) electrons. The molecule has 0 saturated heterocycles. The van der Waals surface area contributed by atoms with Crippen molar-refractivity contribution in [1.29, 1.82) is 0 Å². The van der Waals surface area contributed by atoms with E-state index in [4.69, 9.17) is 19.6 Å². The van der Waals surface area contributed by atoms with E-state index in [-0.39, 0.29) is 47.1 Å². The van der Waals surface area contributed by atoms with Gasteiger partial charge in [0.15, 0.2) is 5.43 Å². The summed E-state index contributed by atoms with van der Waals surface area (Å²) in [6.45, 7) is 6.31. The third kappa shape index (κ3) is 5.35. The second-order valence-electron chi connectivity index (χ2n) is 10.2. The zero-order valence-corrected chi connectivity index (χ0v) is 22.5. The van der Waals surface area contributed by atoms with Crippen LogP contribution in [0.25, 0.3) is 11.0 Å². The van der Waals surface area contributed by atoms with Crippen LogP contribution in [0.5, 0.6) is 11.5 Å². The summed E-state index contributed by atoms with van der Waals surface area (Å²) < 4.78 is 18.3. The molecule has 10 heteroatoms. The number of aliphatic hydroxyl groups is 2. The lowest BCUT2D eigenvalue weighted by Crippen LogP contribution is -2.49. The Morgan fingerprint density at radius 3 is 2.72 bits per heavy atom. The number of hydrogen-bond acceptors (Lipinski definition) is 10. The second kappa shape index (κ2) is 11.1. The van der Waals surface area contributed by atoms with E-state index < -0.39 is 35.6 Å². The van der Waals surface area contributed by atoms with Crippen LogP contribution in [0.2, 0.25) is 0 Å². The van der Waals surface area contributed by atoms with Crippen molar-refractivity contribution in [2.45, 2.75) is 71.2 Å². The first-order valence-electron chi connectivity index (χ1n) is 12.8. The number of nitrogens with zero attached hydrogens (tertiary/aromatic N) is 1. The number of carbonyl (C=O) groups excluding carboxylic acids is 1. The molecule has 4 rings (SSSR count). The molecule has 39 heavy (non-hydrogen) atoms. The molecule has 0 bridgehead atoms. The van der Waals surface area contributed by atoms with Gasteiger partial charge in [0.2, 0.25) is 0 Å². The van der Waals surface area contributed by atoms with Crippen LogP contribution in [0.1, 0.15) is 68.9 Å². The molecule has 0 aliphatic carbocycles. The number of esters is 1. The number of aromatic hydroxyl groups is 1. The topological polar surface area (TPSA) is 165 Å². The number of anilines is 1. The van der Waals surface area contributed by atoms with E-state index in [2.05, 4.69) is 4.98 Å². The number of nitrogens with two attached hydrogens (primary N) is 1. The van der Waals surface area contributed by atoms with Gasteiger partial charge in [-0.2, -0.15) is 0 Å². The predicted octanol–water partition coefficient (Wildman–Crippen LogP) is 3.46. The highest BCUT2D eigenvalue weighted by Crippen LogP contribution is 2.50. The Labute approximate surface area is 225 Å². The minimum Gasteiger partial charge on any atom is -0.507 e. The highest BCUT2D eigenvalue weighted by atomic mass is 16.6. The van der Waals surface area contributed by atoms with E-state index in [0.717, 1.165) is 11.6 Å². The minimum atomic E-state index is -1.03. The highest BCUT2D eigenvalue weighted by molar-refractivity contribution is 5.92. The molecule has 1 aliphatic rings. The van der Waals surface area contributed by atoms with Crippen molar-refractivity contribution in [2.24, 2.45) is 0 Å². The first-order valence-corrected chi connectivity index (χ1v) is 12.8. The molecular weight excluding hydrogens is 504 g/mol. The molecule has 1 aliphatic heterocycles. The summed E-state index contributed by atoms with van der Waals surface area (Å²) in [5.74, 6) is -0.747. The van der Waals surface area contributed by atoms with E-state index in [0.29, 0.717) is 29.5 Å². The molecule has 3 heterocycles. The monoisotopic (exact) mass is 538 g/mol. The van der Waals surface area contributed by atoms with Crippen LogP contribution < -0.4 is 15.9 Å². The van der Waals surface area contributed by atoms with Crippen LogP contribution in [0.4, 0.5) is 5.82 Å². The van der Waals surface area contributed by atoms with Crippen molar-refractivity contribution in [1.82, 2.24) is 4.98 Å². The number of allylic oxidation sites excluding steroid dienone is 1. The molecule has 10 nitrogen and oxygen atoms in total. The number of benzene rings is 1. The van der Waals surface area contributed by atoms with Gasteiger partial charge in [-0.05, 0) is 58.2 Å². The second-order valence-corrected chi connectivity index (χ2v) is 10.2. The molecule has 2 aromatic heterocycles. The van der Waals surface area contributed by atoms with Crippen LogP contribution in [-0.4, -0.2) is 44.6 Å². The summed E-state index contributed by atoms with van der Waals surface area (Å²) in [7, 11) is 0. The molecule has 0 spiro atoms. The third-order valence-electron chi connectivity index (χ3n) is 7.18. The van der Waals surface area contributed by atoms with Gasteiger partial charge in [-0.25, -0.2) is 9.78 Å². The van der Waals surface area contributed by atoms with Gasteiger partial charge in [0.05, 0.1) is 0 Å². The van der Waals surface area contributed by atoms with E-state index in [1.165, 1.54) is 0 Å². The maximum absolute atomic E-state index is 13.2. The molecule has 0 amide bonds. The SMILES string of the molecule is CC=C(C)C(=O)OC1Cc2c(c(C(CCCO)c3ccnc(N)c3)c3oc(CO)cc(=O)c3c2O)OC1(C)C. The largest absolute Gasteiger partial charge is 0.507 e. The maximum Gasteiger partial charge on any atom is 0.333 e. The Balaban J connectivity index is 2.04. The quantitative estimate of drug-likeness (QED) is 0.246. The smallest absolute Gasteiger partial charge is 0.333 e. The van der Waals surface area contributed by atoms with Crippen molar-refractivity contribution in [3.63, 3.8) is 0 Å². The van der Waals surface area contributed by atoms with Crippen molar-refractivity contribution >= 4 is 22.8 Å². The van der Waals surface area contributed by atoms with E-state index in [9.17, 15) is 24.9 Å². The van der Waals surface area contributed by atoms with Crippen molar-refractivity contribution in [3.05, 3.63) is 68.7 Å². The maximum atomic E-state index is 13.2. The number of rotatable bonds is 8. The Morgan fingerprint density at radius 1 is 1.33 bits per heavy atom. The summed E-state index contributed by atoms with van der Waals surface area (Å²) in [6, 6.07) is 4.60. The fraction of sp³-hybridized carbons (Fsp3) is 0.414. The molecule has 2 unspecified atom stereocenters. The lowest BCUT2D eigenvalue weighted by atomic mass is 9.81. The minimum absolute atomic E-state index is 0.0203. The summed E-state index contributed by atoms with van der Waals surface area (Å²) >= 11 is 0. The number of ether oxygens (including phenoxy) is 2. The van der Waals surface area contributed by atoms with Gasteiger partial charge in [-0.1, -0.05) is 6.08 Å². The van der Waals surface area contributed by atoms with Gasteiger partial charge in [-0.3, -0.25) is 4.79 Å². The third-order valence-corrected chi connectivity index (χ3v) is 7.18. The average Bonchev–Trinajstić information content (AvgIpc) is 2.90. The van der Waals surface area contributed by atoms with Crippen LogP contribution in [0.3, 0.4) is 0 Å². The number of aromatic nitrogens is 1. The summed E-state index contributed by atoms with van der Waals surface area (Å²) in [6.07, 6.45) is 3.32. The highest BCUT2D eigenvalue weighted by Gasteiger charge is 2.44. The number of hydrogen-bond donors (Lipinski definition) is 4. The predicted molar refractivity (Wildman–Crippen MR) is 145 cm³/mol. The van der Waals surface area contributed by atoms with Crippen molar-refractivity contribution < 1.29 is 34.0 Å². The average molecular weight is 539 g/mol. The summed E-state index contributed by atoms with van der Waals surface area (Å²) in [5.41, 5.74) is 6.42. The number of carbonyl (C=O) groups is 1. The number of phenolic OH excluding ortho intramolecular Hbond substituents is 1. The lowest BCUT2D eigenvalue weighted by Gasteiger charge is -2.41. The van der Waals surface area contributed by atoms with Gasteiger partial charge in [0.1, 0.15) is 52.4 Å². The zero-order valence-electron chi connectivity index (χ0n) is 22.5. The van der Waals surface area contributed by atoms with E-state index in [1.807, 2.05) is 0 Å². The zero-order chi connectivity index (χ0) is 28.5. The number of phenols is 1. The van der Waals surface area contributed by atoms with Gasteiger partial charge < -0.3 is 34.9 Å². The number of aliphatic hydroxyl groups excluding tert-OH is 2. The summed E-state index contributed by atoms with van der Waals surface area (Å²) in [4.78, 5) is 29.9. The standard InChI is InChI=1S/C29H34N2O8/c1-5-15(2)28(36)38-21-13-19-25(35)24-20(34)12-17(14-33)37-27(24)23(26(19)39-29(21,3)4)18(7-6-10-32)16-8-9-31-22(30)11-16/h5,8-9,11-12,18,21,32-33,35H,6-7,10,13-14H2,1-4H3,(H2,30,31).